The minimum atomic E-state index is -1.67. The minimum absolute atomic E-state index is 0.00272. The van der Waals surface area contributed by atoms with Gasteiger partial charge in [0.05, 0.1) is 12.1 Å². The lowest BCUT2D eigenvalue weighted by Crippen LogP contribution is -2.62. The van der Waals surface area contributed by atoms with Gasteiger partial charge in [0.15, 0.2) is 0 Å². The molecule has 10 N–H and O–H groups in total. The average Bonchev–Trinajstić information content (AvgIpc) is 3.60. The van der Waals surface area contributed by atoms with Crippen LogP contribution < -0.4 is 31.9 Å². The predicted octanol–water partition coefficient (Wildman–Crippen LogP) is -3.24. The van der Waals surface area contributed by atoms with E-state index in [1.54, 1.807) is 6.92 Å². The van der Waals surface area contributed by atoms with Crippen molar-refractivity contribution in [2.75, 3.05) is 13.1 Å². The molecule has 0 aromatic rings. The Labute approximate surface area is 322 Å². The van der Waals surface area contributed by atoms with Gasteiger partial charge in [0, 0.05) is 26.3 Å². The maximum Gasteiger partial charge on any atom is 0.322 e. The van der Waals surface area contributed by atoms with Crippen molar-refractivity contribution < 1.29 is 73.2 Å². The largest absolute Gasteiger partial charge is 0.481 e. The first-order valence-electron chi connectivity index (χ1n) is 18.1. The second kappa shape index (κ2) is 23.3. The normalized spacial score (nSPS) is 16.8. The fourth-order valence-electron chi connectivity index (χ4n) is 5.72. The molecule has 0 spiro atoms. The number of carbonyl (C=O) groups excluding carboxylic acids is 8. The Balaban J connectivity index is 3.22. The summed E-state index contributed by atoms with van der Waals surface area (Å²) in [5.41, 5.74) is 0. The molecule has 0 aromatic heterocycles. The van der Waals surface area contributed by atoms with Gasteiger partial charge in [-0.3, -0.25) is 52.7 Å². The Morgan fingerprint density at radius 1 is 0.679 bits per heavy atom. The third-order valence-corrected chi connectivity index (χ3v) is 8.59. The summed E-state index contributed by atoms with van der Waals surface area (Å²) < 4.78 is 0. The molecule has 1 saturated heterocycles. The van der Waals surface area contributed by atoms with Crippen LogP contribution in [-0.4, -0.2) is 146 Å². The zero-order valence-corrected chi connectivity index (χ0v) is 31.9. The lowest BCUT2D eigenvalue weighted by atomic mass is 10.0. The SMILES string of the molecule is CCC[C@H](NC(=O)[C@@H]1CCCN1C(=O)[C@@H](NC(=O)[C@@H](NC(=O)[C@H](CCC(=O)O)NC(=O)[C@H](CCC(=O)O)NC(C)=O)C(C)C)C(C)O)C(=O)C(=O)NCC(=O)O. The topological polar surface area (TPSA) is 344 Å². The molecule has 1 aliphatic heterocycles. The van der Waals surface area contributed by atoms with Crippen molar-refractivity contribution in [1.82, 2.24) is 36.8 Å². The number of Topliss-reactive ketones (excluding diaryl/α,β-unsaturated/α-hetero) is 1. The molecular weight excluding hydrogens is 746 g/mol. The number of rotatable bonds is 24. The smallest absolute Gasteiger partial charge is 0.322 e. The van der Waals surface area contributed by atoms with Gasteiger partial charge < -0.3 is 57.2 Å². The van der Waals surface area contributed by atoms with E-state index in [2.05, 4.69) is 26.6 Å². The molecule has 0 bridgehead atoms. The van der Waals surface area contributed by atoms with Crippen LogP contribution in [0.2, 0.25) is 0 Å². The number of aliphatic hydroxyl groups is 1. The molecule has 22 heteroatoms. The number of nitrogens with zero attached hydrogens (tertiary/aromatic N) is 1. The summed E-state index contributed by atoms with van der Waals surface area (Å²) in [5.74, 6) is -12.4. The summed E-state index contributed by atoms with van der Waals surface area (Å²) in [4.78, 5) is 138. The standard InChI is InChI=1S/C34H53N7O15/c1-6-8-19(28(50)33(55)35-15-25(48)49)37-31(53)22-9-7-14-41(22)34(56)27(17(4)42)40-32(54)26(16(2)3)39-30(52)21(11-13-24(46)47)38-29(51)20(36-18(5)43)10-12-23(44)45/h16-17,19-22,26-27,42H,6-15H2,1-5H3,(H,35,55)(H,36,43)(H,37,53)(H,38,51)(H,39,52)(H,40,54)(H,44,45)(H,46,47)(H,48,49)/t17?,19-,20-,21-,22-,26-,27-/m0/s1. The van der Waals surface area contributed by atoms with Gasteiger partial charge in [-0.15, -0.1) is 0 Å². The summed E-state index contributed by atoms with van der Waals surface area (Å²) in [6.07, 6.45) is -2.75. The summed E-state index contributed by atoms with van der Waals surface area (Å²) in [6.45, 7) is 6.16. The lowest BCUT2D eigenvalue weighted by Gasteiger charge is -2.32. The van der Waals surface area contributed by atoms with E-state index in [0.717, 1.165) is 11.8 Å². The minimum Gasteiger partial charge on any atom is -0.481 e. The van der Waals surface area contributed by atoms with Gasteiger partial charge in [-0.2, -0.15) is 0 Å². The van der Waals surface area contributed by atoms with Crippen molar-refractivity contribution in [2.24, 2.45) is 5.92 Å². The van der Waals surface area contributed by atoms with Crippen molar-refractivity contribution in [1.29, 1.82) is 0 Å². The van der Waals surface area contributed by atoms with E-state index in [4.69, 9.17) is 10.2 Å². The molecule has 0 radical (unpaired) electrons. The second-order valence-electron chi connectivity index (χ2n) is 13.6. The number of hydrogen-bond donors (Lipinski definition) is 10. The fourth-order valence-corrected chi connectivity index (χ4v) is 5.72. The maximum absolute atomic E-state index is 13.8. The number of nitrogens with one attached hydrogen (secondary N) is 6. The summed E-state index contributed by atoms with van der Waals surface area (Å²) in [5, 5.41) is 51.4. The van der Waals surface area contributed by atoms with E-state index in [1.807, 2.05) is 5.32 Å². The molecule has 0 aromatic carbocycles. The predicted molar refractivity (Wildman–Crippen MR) is 191 cm³/mol. The zero-order chi connectivity index (χ0) is 42.9. The van der Waals surface area contributed by atoms with Gasteiger partial charge in [0.1, 0.15) is 36.8 Å². The van der Waals surface area contributed by atoms with Gasteiger partial charge in [-0.05, 0) is 44.9 Å². The van der Waals surface area contributed by atoms with E-state index < -0.39 is 139 Å². The van der Waals surface area contributed by atoms with Crippen LogP contribution in [0.1, 0.15) is 86.0 Å². The van der Waals surface area contributed by atoms with Crippen molar-refractivity contribution >= 4 is 65.0 Å². The van der Waals surface area contributed by atoms with Crippen LogP contribution in [0.15, 0.2) is 0 Å². The number of aliphatic hydroxyl groups excluding tert-OH is 1. The lowest BCUT2D eigenvalue weighted by molar-refractivity contribution is -0.145. The van der Waals surface area contributed by atoms with E-state index in [9.17, 15) is 63.0 Å². The highest BCUT2D eigenvalue weighted by molar-refractivity contribution is 6.38. The van der Waals surface area contributed by atoms with E-state index >= 15 is 0 Å². The monoisotopic (exact) mass is 799 g/mol. The number of carboxylic acid groups (broad SMARTS) is 3. The molecule has 7 atom stereocenters. The second-order valence-corrected chi connectivity index (χ2v) is 13.6. The molecule has 314 valence electrons. The van der Waals surface area contributed by atoms with Crippen LogP contribution in [0.5, 0.6) is 0 Å². The van der Waals surface area contributed by atoms with Crippen molar-refractivity contribution in [3.05, 3.63) is 0 Å². The molecule has 0 saturated carbocycles. The van der Waals surface area contributed by atoms with Gasteiger partial charge in [-0.25, -0.2) is 0 Å². The van der Waals surface area contributed by atoms with Gasteiger partial charge in [0.25, 0.3) is 5.91 Å². The van der Waals surface area contributed by atoms with Crippen LogP contribution >= 0.6 is 0 Å². The Bertz CT molecular complexity index is 1500. The van der Waals surface area contributed by atoms with Crippen LogP contribution in [0.4, 0.5) is 0 Å². The summed E-state index contributed by atoms with van der Waals surface area (Å²) >= 11 is 0. The molecule has 0 aliphatic carbocycles. The summed E-state index contributed by atoms with van der Waals surface area (Å²) in [7, 11) is 0. The fraction of sp³-hybridized carbons (Fsp3) is 0.676. The van der Waals surface area contributed by atoms with Gasteiger partial charge >= 0.3 is 17.9 Å². The molecule has 1 rings (SSSR count). The number of likely N-dealkylation sites (tertiary alicyclic amines) is 1. The average molecular weight is 800 g/mol. The van der Waals surface area contributed by atoms with E-state index in [0.29, 0.717) is 12.8 Å². The van der Waals surface area contributed by atoms with Crippen molar-refractivity contribution in [3.8, 4) is 0 Å². The third-order valence-electron chi connectivity index (χ3n) is 8.59. The third kappa shape index (κ3) is 16.0. The van der Waals surface area contributed by atoms with Crippen LogP contribution in [-0.2, 0) is 52.7 Å². The Kier molecular flexibility index (Phi) is 20.1. The summed E-state index contributed by atoms with van der Waals surface area (Å²) in [6, 6.07) is -8.62. The van der Waals surface area contributed by atoms with Gasteiger partial charge in [-0.1, -0.05) is 27.2 Å². The Hall–Kier alpha value is -5.67. The molecule has 1 aliphatic rings. The number of carboxylic acids is 3. The molecule has 1 fully saturated rings. The number of carbonyl (C=O) groups is 11. The number of amides is 7. The maximum atomic E-state index is 13.8. The molecule has 1 heterocycles. The number of hydrogen-bond acceptors (Lipinski definition) is 12. The van der Waals surface area contributed by atoms with Gasteiger partial charge in [0.2, 0.25) is 41.2 Å². The molecule has 1 unspecified atom stereocenters. The Morgan fingerprint density at radius 2 is 1.21 bits per heavy atom. The highest BCUT2D eigenvalue weighted by Crippen LogP contribution is 2.20. The van der Waals surface area contributed by atoms with Crippen LogP contribution in [0.25, 0.3) is 0 Å². The first-order chi connectivity index (χ1) is 26.1. The highest BCUT2D eigenvalue weighted by atomic mass is 16.4. The van der Waals surface area contributed by atoms with Crippen LogP contribution in [0, 0.1) is 5.92 Å². The Morgan fingerprint density at radius 3 is 1.70 bits per heavy atom. The molecule has 56 heavy (non-hydrogen) atoms. The molecule has 22 nitrogen and oxygen atoms in total. The van der Waals surface area contributed by atoms with E-state index in [-0.39, 0.29) is 25.8 Å². The van der Waals surface area contributed by atoms with E-state index in [1.165, 1.54) is 20.8 Å². The first kappa shape index (κ1) is 48.3. The first-order valence-corrected chi connectivity index (χ1v) is 18.1. The van der Waals surface area contributed by atoms with Crippen molar-refractivity contribution in [2.45, 2.75) is 128 Å². The molecular formula is C34H53N7O15. The van der Waals surface area contributed by atoms with Crippen molar-refractivity contribution in [3.63, 3.8) is 0 Å². The number of aliphatic carboxylic acids is 3. The zero-order valence-electron chi connectivity index (χ0n) is 31.9. The van der Waals surface area contributed by atoms with Crippen LogP contribution in [0.3, 0.4) is 0 Å². The quantitative estimate of drug-likeness (QED) is 0.0429. The number of ketones is 1. The molecule has 7 amide bonds. The highest BCUT2D eigenvalue weighted by Gasteiger charge is 2.42.